The number of alkyl halides is 3. The Morgan fingerprint density at radius 1 is 1.38 bits per heavy atom. The first-order valence-electron chi connectivity index (χ1n) is 8.94. The third-order valence-electron chi connectivity index (χ3n) is 6.13. The van der Waals surface area contributed by atoms with Crippen molar-refractivity contribution in [2.45, 2.75) is 25.2 Å². The van der Waals surface area contributed by atoms with E-state index in [4.69, 9.17) is 4.52 Å². The number of benzene rings is 1. The standard InChI is InChI=1S/C18H14F4N4O3/c1-7(16(28)26-6-10-11-12(26)17(10,11)18(20,21)22)23-14(27)13-24-15(29-25-13)8-3-2-4-9(19)5-8/h2-5,7,10-12H,6H2,1H3,(H,23,27). The number of fused-ring (bicyclic) bond motifs is 1. The van der Waals surface area contributed by atoms with E-state index in [0.29, 0.717) is 0 Å². The molecule has 4 aliphatic rings. The third kappa shape index (κ3) is 2.36. The van der Waals surface area contributed by atoms with Gasteiger partial charge in [0, 0.05) is 18.0 Å². The van der Waals surface area contributed by atoms with Crippen LogP contribution in [0.3, 0.4) is 0 Å². The zero-order valence-electron chi connectivity index (χ0n) is 14.9. The van der Waals surface area contributed by atoms with Gasteiger partial charge < -0.3 is 14.7 Å². The highest BCUT2D eigenvalue weighted by molar-refractivity contribution is 5.95. The molecule has 1 aromatic heterocycles. The van der Waals surface area contributed by atoms with Crippen molar-refractivity contribution in [3.8, 4) is 11.5 Å². The molecule has 5 atom stereocenters. The molecule has 2 amide bonds. The number of nitrogens with zero attached hydrogens (tertiary/aromatic N) is 3. The van der Waals surface area contributed by atoms with Crippen LogP contribution in [0.5, 0.6) is 0 Å². The zero-order chi connectivity index (χ0) is 20.7. The Balaban J connectivity index is 1.24. The van der Waals surface area contributed by atoms with Gasteiger partial charge >= 0.3 is 6.18 Å². The zero-order valence-corrected chi connectivity index (χ0v) is 14.9. The number of rotatable bonds is 4. The van der Waals surface area contributed by atoms with Crippen LogP contribution in [0.15, 0.2) is 28.8 Å². The lowest BCUT2D eigenvalue weighted by atomic mass is 10.1. The minimum Gasteiger partial charge on any atom is -0.338 e. The van der Waals surface area contributed by atoms with Gasteiger partial charge in [0.15, 0.2) is 0 Å². The second kappa shape index (κ2) is 5.55. The second-order valence-corrected chi connectivity index (χ2v) is 7.63. The molecule has 0 spiro atoms. The molecule has 0 radical (unpaired) electrons. The maximum Gasteiger partial charge on any atom is 0.397 e. The van der Waals surface area contributed by atoms with Gasteiger partial charge in [-0.3, -0.25) is 9.59 Å². The van der Waals surface area contributed by atoms with Crippen LogP contribution in [0, 0.1) is 23.1 Å². The molecule has 11 heteroatoms. The summed E-state index contributed by atoms with van der Waals surface area (Å²) in [7, 11) is 0. The first-order valence-corrected chi connectivity index (χ1v) is 8.94. The van der Waals surface area contributed by atoms with Crippen molar-refractivity contribution in [3.63, 3.8) is 0 Å². The average molecular weight is 410 g/mol. The SMILES string of the molecule is CC(NC(=O)c1noc(-c2cccc(F)c2)n1)C(=O)N1CC2C3C1C23C(F)(F)F. The summed E-state index contributed by atoms with van der Waals surface area (Å²) in [6.07, 6.45) is -4.31. The van der Waals surface area contributed by atoms with Crippen molar-refractivity contribution in [2.75, 3.05) is 6.54 Å². The molecular formula is C18H14F4N4O3. The monoisotopic (exact) mass is 410 g/mol. The van der Waals surface area contributed by atoms with Gasteiger partial charge in [-0.05, 0) is 31.0 Å². The first-order chi connectivity index (χ1) is 13.7. The number of aromatic nitrogens is 2. The van der Waals surface area contributed by atoms with E-state index in [0.717, 1.165) is 6.07 Å². The van der Waals surface area contributed by atoms with Crippen molar-refractivity contribution in [1.29, 1.82) is 0 Å². The van der Waals surface area contributed by atoms with E-state index in [9.17, 15) is 27.2 Å². The van der Waals surface area contributed by atoms with Crippen molar-refractivity contribution in [2.24, 2.45) is 17.3 Å². The molecule has 5 unspecified atom stereocenters. The Morgan fingerprint density at radius 3 is 2.76 bits per heavy atom. The number of halogens is 4. The summed E-state index contributed by atoms with van der Waals surface area (Å²) in [6, 6.07) is 3.47. The van der Waals surface area contributed by atoms with Gasteiger partial charge in [0.1, 0.15) is 11.9 Å². The van der Waals surface area contributed by atoms with E-state index in [2.05, 4.69) is 15.5 Å². The molecule has 29 heavy (non-hydrogen) atoms. The van der Waals surface area contributed by atoms with E-state index >= 15 is 0 Å². The van der Waals surface area contributed by atoms with E-state index in [1.165, 1.54) is 30.0 Å². The van der Waals surface area contributed by atoms with Crippen molar-refractivity contribution < 1.29 is 31.7 Å². The molecule has 2 aliphatic heterocycles. The lowest BCUT2D eigenvalue weighted by Crippen LogP contribution is -2.47. The van der Waals surface area contributed by atoms with Gasteiger partial charge in [-0.1, -0.05) is 11.2 Å². The molecule has 2 aromatic rings. The van der Waals surface area contributed by atoms with Crippen LogP contribution in [0.25, 0.3) is 11.5 Å². The number of carbonyl (C=O) groups is 2. The summed E-state index contributed by atoms with van der Waals surface area (Å²) < 4.78 is 57.8. The quantitative estimate of drug-likeness (QED) is 0.780. The van der Waals surface area contributed by atoms with Gasteiger partial charge in [-0.25, -0.2) is 4.39 Å². The third-order valence-corrected chi connectivity index (χ3v) is 6.13. The topological polar surface area (TPSA) is 88.3 Å². The fourth-order valence-corrected chi connectivity index (χ4v) is 4.71. The number of piperidine rings is 1. The van der Waals surface area contributed by atoms with Gasteiger partial charge in [0.25, 0.3) is 17.6 Å². The Labute approximate surface area is 161 Å². The van der Waals surface area contributed by atoms with Crippen LogP contribution in [-0.4, -0.2) is 51.7 Å². The van der Waals surface area contributed by atoms with Crippen LogP contribution in [0.4, 0.5) is 17.6 Å². The maximum atomic E-state index is 13.3. The Morgan fingerprint density at radius 2 is 2.14 bits per heavy atom. The highest BCUT2D eigenvalue weighted by Crippen LogP contribution is 2.90. The van der Waals surface area contributed by atoms with Crippen LogP contribution in [0.2, 0.25) is 0 Å². The minimum atomic E-state index is -4.31. The van der Waals surface area contributed by atoms with E-state index in [-0.39, 0.29) is 23.8 Å². The second-order valence-electron chi connectivity index (χ2n) is 7.63. The number of amides is 2. The number of hydrogen-bond acceptors (Lipinski definition) is 5. The van der Waals surface area contributed by atoms with Crippen LogP contribution in [0.1, 0.15) is 17.5 Å². The van der Waals surface area contributed by atoms with Crippen molar-refractivity contribution >= 4 is 11.8 Å². The van der Waals surface area contributed by atoms with Crippen LogP contribution < -0.4 is 5.32 Å². The Bertz CT molecular complexity index is 1030. The Hall–Kier alpha value is -2.98. The summed E-state index contributed by atoms with van der Waals surface area (Å²) >= 11 is 0. The normalized spacial score (nSPS) is 30.0. The molecule has 2 saturated heterocycles. The molecule has 1 N–H and O–H groups in total. The van der Waals surface area contributed by atoms with E-state index in [1.54, 1.807) is 0 Å². The lowest BCUT2D eigenvalue weighted by molar-refractivity contribution is -0.174. The predicted molar refractivity (Wildman–Crippen MR) is 87.6 cm³/mol. The maximum absolute atomic E-state index is 13.3. The van der Waals surface area contributed by atoms with Crippen molar-refractivity contribution in [3.05, 3.63) is 35.9 Å². The number of hydrogen-bond donors (Lipinski definition) is 1. The van der Waals surface area contributed by atoms with Crippen molar-refractivity contribution in [1.82, 2.24) is 20.4 Å². The van der Waals surface area contributed by atoms with Gasteiger partial charge in [-0.15, -0.1) is 0 Å². The molecule has 2 aliphatic carbocycles. The first kappa shape index (κ1) is 18.1. The molecule has 2 saturated carbocycles. The fourth-order valence-electron chi connectivity index (χ4n) is 4.71. The fraction of sp³-hybridized carbons (Fsp3) is 0.444. The summed E-state index contributed by atoms with van der Waals surface area (Å²) in [4.78, 5) is 29.9. The molecular weight excluding hydrogens is 396 g/mol. The molecule has 2 bridgehead atoms. The highest BCUT2D eigenvalue weighted by atomic mass is 19.4. The van der Waals surface area contributed by atoms with Crippen LogP contribution >= 0.6 is 0 Å². The molecule has 4 fully saturated rings. The molecule has 1 aromatic carbocycles. The average Bonchev–Trinajstić information content (AvgIpc) is 3.24. The van der Waals surface area contributed by atoms with E-state index in [1.807, 2.05) is 0 Å². The number of nitrogens with one attached hydrogen (secondary N) is 1. The molecule has 6 rings (SSSR count). The highest BCUT2D eigenvalue weighted by Gasteiger charge is 3.01. The molecule has 7 nitrogen and oxygen atoms in total. The lowest BCUT2D eigenvalue weighted by Gasteiger charge is -2.22. The smallest absolute Gasteiger partial charge is 0.338 e. The largest absolute Gasteiger partial charge is 0.397 e. The molecule has 152 valence electrons. The summed E-state index contributed by atoms with van der Waals surface area (Å²) in [6.45, 7) is 1.44. The van der Waals surface area contributed by atoms with Crippen LogP contribution in [-0.2, 0) is 4.79 Å². The Kier molecular flexibility index (Phi) is 3.46. The summed E-state index contributed by atoms with van der Waals surface area (Å²) in [5.41, 5.74) is -1.45. The van der Waals surface area contributed by atoms with E-state index < -0.39 is 53.1 Å². The molecule has 3 heterocycles. The van der Waals surface area contributed by atoms with Gasteiger partial charge in [0.2, 0.25) is 5.91 Å². The number of carbonyl (C=O) groups excluding carboxylic acids is 2. The summed E-state index contributed by atoms with van der Waals surface area (Å²) in [5, 5.41) is 5.89. The summed E-state index contributed by atoms with van der Waals surface area (Å²) in [5.74, 6) is -3.38. The predicted octanol–water partition coefficient (Wildman–Crippen LogP) is 2.01. The van der Waals surface area contributed by atoms with Gasteiger partial charge in [0.05, 0.1) is 11.5 Å². The van der Waals surface area contributed by atoms with Gasteiger partial charge in [-0.2, -0.15) is 18.2 Å². The minimum absolute atomic E-state index is 0.0554.